The summed E-state index contributed by atoms with van der Waals surface area (Å²) in [5, 5.41) is 32.7. The maximum atomic E-state index is 11.3. The Labute approximate surface area is 123 Å². The molecule has 4 heteroatoms. The Morgan fingerprint density at radius 2 is 1.71 bits per heavy atom. The molecule has 0 saturated carbocycles. The van der Waals surface area contributed by atoms with Crippen molar-refractivity contribution in [2.24, 2.45) is 0 Å². The lowest BCUT2D eigenvalue weighted by Gasteiger charge is -2.39. The van der Waals surface area contributed by atoms with Gasteiger partial charge in [-0.05, 0) is 18.1 Å². The Morgan fingerprint density at radius 3 is 2.33 bits per heavy atom. The second kappa shape index (κ2) is 4.59. The first-order valence-electron chi connectivity index (χ1n) is 6.89. The highest BCUT2D eigenvalue weighted by molar-refractivity contribution is 5.68. The van der Waals surface area contributed by atoms with Crippen molar-refractivity contribution in [2.75, 3.05) is 5.06 Å². The van der Waals surface area contributed by atoms with Crippen LogP contribution in [0, 0.1) is 11.3 Å². The summed E-state index contributed by atoms with van der Waals surface area (Å²) in [5.41, 5.74) is -1.43. The van der Waals surface area contributed by atoms with Gasteiger partial charge in [-0.1, -0.05) is 55.5 Å². The van der Waals surface area contributed by atoms with Crippen molar-refractivity contribution in [3.63, 3.8) is 0 Å². The summed E-state index contributed by atoms with van der Waals surface area (Å²) in [4.78, 5) is 0. The SMILES string of the molecule is CC[C@]1(O)c2ccccc2N(O)[C@]1(C#N)c1ccccc1. The summed E-state index contributed by atoms with van der Waals surface area (Å²) in [6.45, 7) is 1.81. The lowest BCUT2D eigenvalue weighted by molar-refractivity contribution is -0.0412. The predicted octanol–water partition coefficient (Wildman–Crippen LogP) is 2.91. The van der Waals surface area contributed by atoms with Crippen LogP contribution < -0.4 is 5.06 Å². The monoisotopic (exact) mass is 280 g/mol. The lowest BCUT2D eigenvalue weighted by atomic mass is 9.73. The Balaban J connectivity index is 2.35. The number of rotatable bonds is 2. The van der Waals surface area contributed by atoms with Gasteiger partial charge >= 0.3 is 0 Å². The molecule has 0 bridgehead atoms. The molecule has 0 aromatic heterocycles. The summed E-state index contributed by atoms with van der Waals surface area (Å²) in [6.07, 6.45) is 0.309. The summed E-state index contributed by atoms with van der Waals surface area (Å²) in [7, 11) is 0. The van der Waals surface area contributed by atoms with Gasteiger partial charge in [0, 0.05) is 5.56 Å². The molecule has 2 atom stereocenters. The molecule has 1 aliphatic rings. The van der Waals surface area contributed by atoms with Crippen LogP contribution in [0.4, 0.5) is 5.69 Å². The average Bonchev–Trinajstić information content (AvgIpc) is 2.75. The molecule has 0 unspecified atom stereocenters. The molecule has 2 aromatic carbocycles. The molecular formula is C17H16N2O2. The highest BCUT2D eigenvalue weighted by Crippen LogP contribution is 2.55. The molecule has 0 spiro atoms. The second-order valence-corrected chi connectivity index (χ2v) is 5.23. The Bertz CT molecular complexity index is 710. The summed E-state index contributed by atoms with van der Waals surface area (Å²) in [5.74, 6) is 0. The van der Waals surface area contributed by atoms with E-state index in [1.54, 1.807) is 48.5 Å². The van der Waals surface area contributed by atoms with Gasteiger partial charge in [-0.25, -0.2) is 5.06 Å². The maximum Gasteiger partial charge on any atom is 0.210 e. The van der Waals surface area contributed by atoms with E-state index >= 15 is 0 Å². The van der Waals surface area contributed by atoms with E-state index in [9.17, 15) is 15.6 Å². The normalized spacial score (nSPS) is 27.2. The zero-order chi connectivity index (χ0) is 15.1. The predicted molar refractivity (Wildman–Crippen MR) is 78.6 cm³/mol. The van der Waals surface area contributed by atoms with Gasteiger partial charge in [-0.15, -0.1) is 0 Å². The first-order valence-corrected chi connectivity index (χ1v) is 6.89. The number of hydrogen-bond acceptors (Lipinski definition) is 4. The highest BCUT2D eigenvalue weighted by atomic mass is 16.5. The molecule has 4 nitrogen and oxygen atoms in total. The number of nitrogens with zero attached hydrogens (tertiary/aromatic N) is 2. The van der Waals surface area contributed by atoms with Crippen molar-refractivity contribution in [2.45, 2.75) is 24.5 Å². The first-order chi connectivity index (χ1) is 10.1. The topological polar surface area (TPSA) is 67.5 Å². The van der Waals surface area contributed by atoms with Crippen LogP contribution in [0.2, 0.25) is 0 Å². The van der Waals surface area contributed by atoms with Crippen LogP contribution >= 0.6 is 0 Å². The minimum atomic E-state index is -1.55. The van der Waals surface area contributed by atoms with E-state index in [-0.39, 0.29) is 0 Å². The molecule has 21 heavy (non-hydrogen) atoms. The smallest absolute Gasteiger partial charge is 0.210 e. The molecule has 2 N–H and O–H groups in total. The zero-order valence-corrected chi connectivity index (χ0v) is 11.7. The van der Waals surface area contributed by atoms with E-state index in [4.69, 9.17) is 0 Å². The lowest BCUT2D eigenvalue weighted by Crippen LogP contribution is -2.53. The van der Waals surface area contributed by atoms with Crippen molar-refractivity contribution in [3.8, 4) is 6.07 Å². The van der Waals surface area contributed by atoms with Crippen LogP contribution in [-0.4, -0.2) is 10.3 Å². The summed E-state index contributed by atoms with van der Waals surface area (Å²) in [6, 6.07) is 18.1. The average molecular weight is 280 g/mol. The third-order valence-electron chi connectivity index (χ3n) is 4.36. The number of hydroxylamine groups is 1. The van der Waals surface area contributed by atoms with Gasteiger partial charge in [-0.3, -0.25) is 5.21 Å². The van der Waals surface area contributed by atoms with Gasteiger partial charge in [0.25, 0.3) is 0 Å². The number of nitriles is 1. The van der Waals surface area contributed by atoms with E-state index in [0.717, 1.165) is 5.06 Å². The van der Waals surface area contributed by atoms with Crippen LogP contribution in [-0.2, 0) is 11.1 Å². The van der Waals surface area contributed by atoms with E-state index < -0.39 is 11.1 Å². The molecule has 0 aliphatic carbocycles. The van der Waals surface area contributed by atoms with Gasteiger partial charge in [0.1, 0.15) is 11.7 Å². The number of aliphatic hydroxyl groups is 1. The fourth-order valence-electron chi connectivity index (χ4n) is 3.25. The largest absolute Gasteiger partial charge is 0.381 e. The van der Waals surface area contributed by atoms with Crippen LogP contribution in [0.3, 0.4) is 0 Å². The molecule has 2 aromatic rings. The van der Waals surface area contributed by atoms with Crippen LogP contribution in [0.15, 0.2) is 54.6 Å². The standard InChI is InChI=1S/C17H16N2O2/c1-2-17(20)14-10-6-7-11-15(14)19(21)16(17,12-18)13-8-4-3-5-9-13/h3-11,20-21H,2H2,1H3/t16-,17+/m1/s1. The molecule has 0 saturated heterocycles. The van der Waals surface area contributed by atoms with E-state index in [2.05, 4.69) is 6.07 Å². The van der Waals surface area contributed by atoms with Gasteiger partial charge < -0.3 is 5.11 Å². The van der Waals surface area contributed by atoms with E-state index in [1.807, 2.05) is 13.0 Å². The molecule has 0 fully saturated rings. The van der Waals surface area contributed by atoms with Gasteiger partial charge in [0.2, 0.25) is 5.54 Å². The summed E-state index contributed by atoms with van der Waals surface area (Å²) < 4.78 is 0. The Morgan fingerprint density at radius 1 is 1.10 bits per heavy atom. The number of para-hydroxylation sites is 1. The highest BCUT2D eigenvalue weighted by Gasteiger charge is 2.62. The molecule has 3 rings (SSSR count). The fraction of sp³-hybridized carbons (Fsp3) is 0.235. The van der Waals surface area contributed by atoms with Crippen LogP contribution in [0.1, 0.15) is 24.5 Å². The summed E-state index contributed by atoms with van der Waals surface area (Å²) >= 11 is 0. The van der Waals surface area contributed by atoms with E-state index in [0.29, 0.717) is 23.2 Å². The number of fused-ring (bicyclic) bond motifs is 1. The third kappa shape index (κ3) is 1.50. The van der Waals surface area contributed by atoms with Crippen molar-refractivity contribution in [1.82, 2.24) is 0 Å². The van der Waals surface area contributed by atoms with Crippen LogP contribution in [0.25, 0.3) is 0 Å². The quantitative estimate of drug-likeness (QED) is 0.887. The molecule has 0 radical (unpaired) electrons. The van der Waals surface area contributed by atoms with Crippen LogP contribution in [0.5, 0.6) is 0 Å². The van der Waals surface area contributed by atoms with Gasteiger partial charge in [0.05, 0.1) is 5.69 Å². The Kier molecular flexibility index (Phi) is 2.98. The fourth-order valence-corrected chi connectivity index (χ4v) is 3.25. The maximum absolute atomic E-state index is 11.3. The van der Waals surface area contributed by atoms with Crippen molar-refractivity contribution in [3.05, 3.63) is 65.7 Å². The molecular weight excluding hydrogens is 264 g/mol. The van der Waals surface area contributed by atoms with Gasteiger partial charge in [-0.2, -0.15) is 5.26 Å². The second-order valence-electron chi connectivity index (χ2n) is 5.23. The Hall–Kier alpha value is -2.35. The molecule has 106 valence electrons. The number of benzene rings is 2. The first kappa shape index (κ1) is 13.6. The third-order valence-corrected chi connectivity index (χ3v) is 4.36. The molecule has 1 aliphatic heterocycles. The van der Waals surface area contributed by atoms with E-state index in [1.165, 1.54) is 0 Å². The van der Waals surface area contributed by atoms with Crippen molar-refractivity contribution in [1.29, 1.82) is 5.26 Å². The molecule has 0 amide bonds. The minimum absolute atomic E-state index is 0.309. The molecule has 1 heterocycles. The zero-order valence-electron chi connectivity index (χ0n) is 11.7. The van der Waals surface area contributed by atoms with Crippen molar-refractivity contribution >= 4 is 5.69 Å². The number of hydrogen-bond donors (Lipinski definition) is 2. The van der Waals surface area contributed by atoms with Gasteiger partial charge in [0.15, 0.2) is 0 Å². The number of anilines is 1. The van der Waals surface area contributed by atoms with Crippen molar-refractivity contribution < 1.29 is 10.3 Å². The minimum Gasteiger partial charge on any atom is -0.381 e.